The van der Waals surface area contributed by atoms with Crippen molar-refractivity contribution in [2.75, 3.05) is 11.9 Å². The molecule has 0 heterocycles. The van der Waals surface area contributed by atoms with Gasteiger partial charge in [-0.25, -0.2) is 4.39 Å². The maximum Gasteiger partial charge on any atom is 0.292 e. The standard InChI is InChI=1S/C16H23FN2O2/c1-12(2)10-16(7-3-4-8-16)11-18-14-9-13(17)5-6-15(14)19(20)21/h5-6,9,12,18H,3-4,7-8,10-11H2,1-2H3. The summed E-state index contributed by atoms with van der Waals surface area (Å²) in [5.74, 6) is 0.139. The molecule has 1 aliphatic carbocycles. The number of nitro benzene ring substituents is 1. The summed E-state index contributed by atoms with van der Waals surface area (Å²) in [5, 5.41) is 14.2. The molecule has 0 aromatic heterocycles. The third kappa shape index (κ3) is 3.93. The fourth-order valence-electron chi connectivity index (χ4n) is 3.54. The van der Waals surface area contributed by atoms with Gasteiger partial charge >= 0.3 is 0 Å². The van der Waals surface area contributed by atoms with Crippen LogP contribution in [0.4, 0.5) is 15.8 Å². The van der Waals surface area contributed by atoms with Crippen LogP contribution in [0.3, 0.4) is 0 Å². The quantitative estimate of drug-likeness (QED) is 0.608. The van der Waals surface area contributed by atoms with Crippen molar-refractivity contribution in [1.29, 1.82) is 0 Å². The van der Waals surface area contributed by atoms with Crippen molar-refractivity contribution in [2.45, 2.75) is 46.0 Å². The van der Waals surface area contributed by atoms with Crippen LogP contribution in [0.1, 0.15) is 46.0 Å². The van der Waals surface area contributed by atoms with Crippen LogP contribution in [0.5, 0.6) is 0 Å². The van der Waals surface area contributed by atoms with Gasteiger partial charge in [-0.3, -0.25) is 10.1 Å². The first kappa shape index (κ1) is 15.7. The van der Waals surface area contributed by atoms with Gasteiger partial charge in [-0.1, -0.05) is 26.7 Å². The molecule has 1 N–H and O–H groups in total. The summed E-state index contributed by atoms with van der Waals surface area (Å²) in [6, 6.07) is 3.57. The van der Waals surface area contributed by atoms with Crippen molar-refractivity contribution in [3.8, 4) is 0 Å². The SMILES string of the molecule is CC(C)CC1(CNc2cc(F)ccc2[N+](=O)[O-])CCCC1. The number of nitro groups is 1. The first-order valence-electron chi connectivity index (χ1n) is 7.60. The van der Waals surface area contributed by atoms with Crippen molar-refractivity contribution in [2.24, 2.45) is 11.3 Å². The van der Waals surface area contributed by atoms with E-state index in [-0.39, 0.29) is 16.8 Å². The number of nitrogens with zero attached hydrogens (tertiary/aromatic N) is 1. The molecule has 116 valence electrons. The van der Waals surface area contributed by atoms with Gasteiger partial charge in [0.05, 0.1) is 4.92 Å². The van der Waals surface area contributed by atoms with Crippen LogP contribution >= 0.6 is 0 Å². The van der Waals surface area contributed by atoms with Crippen LogP contribution in [-0.4, -0.2) is 11.5 Å². The zero-order chi connectivity index (χ0) is 15.5. The van der Waals surface area contributed by atoms with Crippen LogP contribution in [-0.2, 0) is 0 Å². The molecule has 0 saturated heterocycles. The van der Waals surface area contributed by atoms with E-state index in [9.17, 15) is 14.5 Å². The Labute approximate surface area is 124 Å². The molecule has 1 aromatic rings. The molecule has 0 unspecified atom stereocenters. The summed E-state index contributed by atoms with van der Waals surface area (Å²) < 4.78 is 13.4. The topological polar surface area (TPSA) is 55.2 Å². The van der Waals surface area contributed by atoms with Gasteiger partial charge in [-0.15, -0.1) is 0 Å². The van der Waals surface area contributed by atoms with Gasteiger partial charge in [-0.05, 0) is 36.7 Å². The zero-order valence-electron chi connectivity index (χ0n) is 12.7. The van der Waals surface area contributed by atoms with Crippen molar-refractivity contribution in [1.82, 2.24) is 0 Å². The molecule has 1 aliphatic rings. The normalized spacial score (nSPS) is 17.1. The third-order valence-corrected chi connectivity index (χ3v) is 4.31. The van der Waals surface area contributed by atoms with E-state index in [1.54, 1.807) is 0 Å². The number of rotatable bonds is 6. The molecule has 0 bridgehead atoms. The minimum Gasteiger partial charge on any atom is -0.379 e. The molecule has 1 fully saturated rings. The summed E-state index contributed by atoms with van der Waals surface area (Å²) in [7, 11) is 0. The summed E-state index contributed by atoms with van der Waals surface area (Å²) in [5.41, 5.74) is 0.415. The zero-order valence-corrected chi connectivity index (χ0v) is 12.7. The van der Waals surface area contributed by atoms with Crippen LogP contribution < -0.4 is 5.32 Å². The number of nitrogens with one attached hydrogen (secondary N) is 1. The monoisotopic (exact) mass is 294 g/mol. The Balaban J connectivity index is 2.14. The number of anilines is 1. The molecule has 21 heavy (non-hydrogen) atoms. The third-order valence-electron chi connectivity index (χ3n) is 4.31. The smallest absolute Gasteiger partial charge is 0.292 e. The minimum atomic E-state index is -0.467. The van der Waals surface area contributed by atoms with Gasteiger partial charge in [-0.2, -0.15) is 0 Å². The van der Waals surface area contributed by atoms with Crippen molar-refractivity contribution >= 4 is 11.4 Å². The Morgan fingerprint density at radius 2 is 2.05 bits per heavy atom. The van der Waals surface area contributed by atoms with Gasteiger partial charge in [0, 0.05) is 18.7 Å². The Hall–Kier alpha value is -1.65. The molecule has 5 heteroatoms. The lowest BCUT2D eigenvalue weighted by atomic mass is 9.78. The molecular formula is C16H23FN2O2. The average molecular weight is 294 g/mol. The first-order chi connectivity index (χ1) is 9.92. The van der Waals surface area contributed by atoms with Gasteiger partial charge in [0.25, 0.3) is 5.69 Å². The Morgan fingerprint density at radius 3 is 2.62 bits per heavy atom. The largest absolute Gasteiger partial charge is 0.379 e. The summed E-state index contributed by atoms with van der Waals surface area (Å²) in [6.45, 7) is 5.07. The maximum absolute atomic E-state index is 13.4. The van der Waals surface area contributed by atoms with Crippen molar-refractivity contribution in [3.63, 3.8) is 0 Å². The lowest BCUT2D eigenvalue weighted by Crippen LogP contribution is -2.28. The molecule has 1 saturated carbocycles. The molecule has 0 radical (unpaired) electrons. The van der Waals surface area contributed by atoms with E-state index in [0.717, 1.165) is 25.3 Å². The Bertz CT molecular complexity index is 511. The van der Waals surface area contributed by atoms with Gasteiger partial charge in [0.15, 0.2) is 0 Å². The molecule has 0 spiro atoms. The molecule has 0 amide bonds. The molecule has 4 nitrogen and oxygen atoms in total. The second kappa shape index (κ2) is 6.41. The minimum absolute atomic E-state index is 0.0610. The molecule has 0 atom stereocenters. The van der Waals surface area contributed by atoms with Gasteiger partial charge in [0.1, 0.15) is 11.5 Å². The number of benzene rings is 1. The molecule has 1 aromatic carbocycles. The average Bonchev–Trinajstić information content (AvgIpc) is 2.84. The highest BCUT2D eigenvalue weighted by molar-refractivity contribution is 5.61. The van der Waals surface area contributed by atoms with Crippen LogP contribution in [0.15, 0.2) is 18.2 Å². The highest BCUT2D eigenvalue weighted by atomic mass is 19.1. The van der Waals surface area contributed by atoms with Crippen LogP contribution in [0.2, 0.25) is 0 Å². The highest BCUT2D eigenvalue weighted by Gasteiger charge is 2.34. The second-order valence-electron chi connectivity index (χ2n) is 6.58. The molecular weight excluding hydrogens is 271 g/mol. The predicted octanol–water partition coefficient (Wildman–Crippen LogP) is 4.75. The van der Waals surface area contributed by atoms with Gasteiger partial charge < -0.3 is 5.32 Å². The first-order valence-corrected chi connectivity index (χ1v) is 7.60. The van der Waals surface area contributed by atoms with Crippen molar-refractivity contribution < 1.29 is 9.31 Å². The van der Waals surface area contributed by atoms with E-state index in [2.05, 4.69) is 19.2 Å². The number of hydrogen-bond acceptors (Lipinski definition) is 3. The number of halogens is 1. The van der Waals surface area contributed by atoms with E-state index in [1.807, 2.05) is 0 Å². The maximum atomic E-state index is 13.4. The Kier molecular flexibility index (Phi) is 4.80. The lowest BCUT2D eigenvalue weighted by Gasteiger charge is -2.31. The lowest BCUT2D eigenvalue weighted by molar-refractivity contribution is -0.384. The van der Waals surface area contributed by atoms with Crippen LogP contribution in [0, 0.1) is 27.3 Å². The van der Waals surface area contributed by atoms with Crippen LogP contribution in [0.25, 0.3) is 0 Å². The van der Waals surface area contributed by atoms with Crippen molar-refractivity contribution in [3.05, 3.63) is 34.1 Å². The second-order valence-corrected chi connectivity index (χ2v) is 6.58. The summed E-state index contributed by atoms with van der Waals surface area (Å²) >= 11 is 0. The van der Waals surface area contributed by atoms with Gasteiger partial charge in [0.2, 0.25) is 0 Å². The fraction of sp³-hybridized carbons (Fsp3) is 0.625. The highest BCUT2D eigenvalue weighted by Crippen LogP contribution is 2.43. The Morgan fingerprint density at radius 1 is 1.38 bits per heavy atom. The molecule has 0 aliphatic heterocycles. The summed E-state index contributed by atoms with van der Waals surface area (Å²) in [4.78, 5) is 10.6. The van der Waals surface area contributed by atoms with E-state index in [4.69, 9.17) is 0 Å². The predicted molar refractivity (Wildman–Crippen MR) is 81.9 cm³/mol. The molecule has 2 rings (SSSR count). The van der Waals surface area contributed by atoms with E-state index < -0.39 is 10.7 Å². The van der Waals surface area contributed by atoms with E-state index in [1.165, 1.54) is 25.0 Å². The number of hydrogen-bond donors (Lipinski definition) is 1. The fourth-order valence-corrected chi connectivity index (χ4v) is 3.54. The van der Waals surface area contributed by atoms with E-state index >= 15 is 0 Å². The van der Waals surface area contributed by atoms with E-state index in [0.29, 0.717) is 12.5 Å². The summed E-state index contributed by atoms with van der Waals surface area (Å²) in [6.07, 6.45) is 5.80.